The molecule has 0 spiro atoms. The molecule has 1 aromatic carbocycles. The van der Waals surface area contributed by atoms with Gasteiger partial charge in [-0.3, -0.25) is 53.1 Å². The number of ketones is 3. The van der Waals surface area contributed by atoms with Crippen LogP contribution in [0.25, 0.3) is 0 Å². The lowest BCUT2D eigenvalue weighted by Gasteiger charge is -2.42. The van der Waals surface area contributed by atoms with Crippen molar-refractivity contribution < 1.29 is 86.1 Å². The van der Waals surface area contributed by atoms with Gasteiger partial charge in [-0.15, -0.1) is 0 Å². The highest BCUT2D eigenvalue weighted by Gasteiger charge is 2.53. The highest BCUT2D eigenvalue weighted by Crippen LogP contribution is 2.45. The Labute approximate surface area is 518 Å². The molecule has 4 fully saturated rings. The van der Waals surface area contributed by atoms with Gasteiger partial charge in [0.25, 0.3) is 23.5 Å². The zero-order valence-electron chi connectivity index (χ0n) is 53.3. The quantitative estimate of drug-likeness (QED) is 0.0698. The number of ether oxygens (including phenoxy) is 5. The number of carbonyl (C=O) groups excluding carboxylic acids is 9. The Balaban J connectivity index is 0.000000544. The van der Waals surface area contributed by atoms with E-state index in [0.29, 0.717) is 74.5 Å². The molecule has 0 radical (unpaired) electrons. The molecule has 7 rings (SSSR count). The molecule has 0 aromatic heterocycles. The van der Waals surface area contributed by atoms with Crippen molar-refractivity contribution >= 4 is 60.2 Å². The molecular formula is C66H94N3O18P. The molecule has 88 heavy (non-hydrogen) atoms. The van der Waals surface area contributed by atoms with Crippen molar-refractivity contribution in [1.29, 1.82) is 0 Å². The molecule has 1 aliphatic carbocycles. The SMILES string of the molecule is CO[C@H]1C[C@@H]2CC[C@@H](C)[C@@](O)(O2)C(=O)C(=O)N2CCCC[C@H]2C(=O)O[C@H]([C@H](C)C[C@@H]2CC[C@@H](OP(C)(C)=O)[C@H](OC)C2)CC(=O)[C@H](C)/C=C(\C)[C@@H](O)[C@@H](OC)C(=O)[C@H](C)C[C@H](C)/C=C/C=C/C=C/1C.O=C1CCC(N2C(=O)c3ccccc3C2=O)C(=O)N1. The minimum Gasteiger partial charge on any atom is -0.460 e. The molecule has 5 amide bonds. The number of nitrogens with zero attached hydrogens (tertiary/aromatic N) is 2. The van der Waals surface area contributed by atoms with E-state index in [1.165, 1.54) is 12.0 Å². The van der Waals surface area contributed by atoms with Crippen LogP contribution in [0.2, 0.25) is 0 Å². The maximum absolute atomic E-state index is 14.5. The number of imide groups is 2. The van der Waals surface area contributed by atoms with Crippen molar-refractivity contribution in [3.63, 3.8) is 0 Å². The maximum atomic E-state index is 14.5. The van der Waals surface area contributed by atoms with Crippen LogP contribution in [-0.2, 0) is 66.3 Å². The van der Waals surface area contributed by atoms with Gasteiger partial charge in [-0.05, 0) is 126 Å². The van der Waals surface area contributed by atoms with Crippen molar-refractivity contribution in [3.05, 3.63) is 83.0 Å². The summed E-state index contributed by atoms with van der Waals surface area (Å²) in [6.07, 6.45) is 11.7. The van der Waals surface area contributed by atoms with Gasteiger partial charge in [-0.1, -0.05) is 83.2 Å². The van der Waals surface area contributed by atoms with Crippen molar-refractivity contribution in [2.75, 3.05) is 41.2 Å². The Morgan fingerprint density at radius 1 is 0.773 bits per heavy atom. The average molecular weight is 1250 g/mol. The molecule has 1 aromatic rings. The summed E-state index contributed by atoms with van der Waals surface area (Å²) in [5, 5.41) is 25.6. The van der Waals surface area contributed by atoms with Crippen LogP contribution in [0, 0.1) is 35.5 Å². The van der Waals surface area contributed by atoms with Crippen LogP contribution in [-0.4, -0.2) is 175 Å². The molecular weight excluding hydrogens is 1150 g/mol. The normalized spacial score (nSPS) is 35.5. The highest BCUT2D eigenvalue weighted by molar-refractivity contribution is 7.57. The molecule has 1 saturated carbocycles. The number of fused-ring (bicyclic) bond motifs is 4. The smallest absolute Gasteiger partial charge is 0.329 e. The van der Waals surface area contributed by atoms with Gasteiger partial charge in [0.1, 0.15) is 36.2 Å². The number of esters is 1. The number of nitrogens with one attached hydrogen (secondary N) is 1. The van der Waals surface area contributed by atoms with E-state index in [0.717, 1.165) is 16.9 Å². The minimum absolute atomic E-state index is 0.0117. The third-order valence-corrected chi connectivity index (χ3v) is 19.0. The van der Waals surface area contributed by atoms with Crippen molar-refractivity contribution in [1.82, 2.24) is 15.1 Å². The summed E-state index contributed by atoms with van der Waals surface area (Å²) in [7, 11) is 1.76. The van der Waals surface area contributed by atoms with E-state index in [-0.39, 0.29) is 79.7 Å². The topological polar surface area (TPSA) is 285 Å². The molecule has 21 nitrogen and oxygen atoms in total. The van der Waals surface area contributed by atoms with Gasteiger partial charge in [-0.2, -0.15) is 0 Å². The third kappa shape index (κ3) is 18.1. The lowest BCUT2D eigenvalue weighted by Crippen LogP contribution is -2.61. The van der Waals surface area contributed by atoms with Crippen LogP contribution in [0.3, 0.4) is 0 Å². The summed E-state index contributed by atoms with van der Waals surface area (Å²) >= 11 is 0. The second-order valence-corrected chi connectivity index (χ2v) is 28.1. The molecule has 16 atom stereocenters. The average Bonchev–Trinajstić information content (AvgIpc) is 1.54. The van der Waals surface area contributed by atoms with Gasteiger partial charge in [0, 0.05) is 78.2 Å². The molecule has 2 bridgehead atoms. The monoisotopic (exact) mass is 1250 g/mol. The predicted octanol–water partition coefficient (Wildman–Crippen LogP) is 7.83. The largest absolute Gasteiger partial charge is 0.460 e. The van der Waals surface area contributed by atoms with Crippen molar-refractivity contribution in [2.24, 2.45) is 35.5 Å². The number of cyclic esters (lactones) is 1. The van der Waals surface area contributed by atoms with Gasteiger partial charge < -0.3 is 43.3 Å². The van der Waals surface area contributed by atoms with Crippen LogP contribution < -0.4 is 5.32 Å². The van der Waals surface area contributed by atoms with Gasteiger partial charge in [0.15, 0.2) is 13.2 Å². The number of Topliss-reactive ketones (excluding diaryl/α,β-unsaturated/α-hetero) is 3. The number of benzene rings is 1. The van der Waals surface area contributed by atoms with E-state index in [1.807, 2.05) is 58.1 Å². The third-order valence-electron chi connectivity index (χ3n) is 18.2. The van der Waals surface area contributed by atoms with Crippen molar-refractivity contribution in [2.45, 2.75) is 199 Å². The highest BCUT2D eigenvalue weighted by atomic mass is 31.2. The van der Waals surface area contributed by atoms with Crippen LogP contribution in [0.4, 0.5) is 0 Å². The zero-order chi connectivity index (χ0) is 64.9. The first-order valence-corrected chi connectivity index (χ1v) is 33.6. The Kier molecular flexibility index (Phi) is 25.9. The van der Waals surface area contributed by atoms with E-state index in [2.05, 4.69) is 5.32 Å². The fourth-order valence-electron chi connectivity index (χ4n) is 13.0. The number of methoxy groups -OCH3 is 3. The summed E-state index contributed by atoms with van der Waals surface area (Å²) in [6, 6.07) is 4.39. The van der Waals surface area contributed by atoms with Crippen LogP contribution in [0.15, 0.2) is 71.9 Å². The predicted molar refractivity (Wildman–Crippen MR) is 327 cm³/mol. The van der Waals surface area contributed by atoms with Crippen LogP contribution in [0.5, 0.6) is 0 Å². The summed E-state index contributed by atoms with van der Waals surface area (Å²) in [5.41, 5.74) is 1.86. The van der Waals surface area contributed by atoms with Crippen LogP contribution in [0.1, 0.15) is 159 Å². The van der Waals surface area contributed by atoms with Gasteiger partial charge in [-0.25, -0.2) is 4.79 Å². The number of aliphatic hydroxyl groups is 2. The number of aliphatic hydroxyl groups excluding tert-OH is 1. The minimum atomic E-state index is -2.79. The standard InChI is InChI=1S/C53H84NO14P.C13H10N2O4/c1-32-18-14-13-15-19-33(2)44(63-8)30-40-23-21-38(7)53(61,67-40)50(58)51(59)54-25-17-16-20-41(54)52(60)66-45(35(4)28-39-22-24-43(46(29-39)64-9)68-69(11,12)62)31-42(55)34(3)27-37(6)48(57)49(65-10)47(56)36(5)26-32;16-10-6-5-9(11(17)14-10)15-12(18)7-3-1-2-4-8(7)13(15)19/h13-15,18-19,27,32,34-36,38-41,43-46,48-49,57,61H,16-17,20-26,28-31H2,1-12H3;1-4,9H,5-6H2,(H,14,16,17)/b15-13+,18-14+,33-19+,37-27+;/t32-,34-,35-,36-,38-,39+,40+,41+,43-,44+,45+,46-,48-,49+,53-;/m1./s1. The Morgan fingerprint density at radius 2 is 1.45 bits per heavy atom. The van der Waals surface area contributed by atoms with Gasteiger partial charge in [0.05, 0.1) is 35.5 Å². The molecule has 5 heterocycles. The lowest BCUT2D eigenvalue weighted by molar-refractivity contribution is -0.265. The first-order chi connectivity index (χ1) is 41.5. The zero-order valence-corrected chi connectivity index (χ0v) is 54.2. The van der Waals surface area contributed by atoms with Gasteiger partial charge >= 0.3 is 5.97 Å². The van der Waals surface area contributed by atoms with Crippen molar-refractivity contribution in [3.8, 4) is 0 Å². The Bertz CT molecular complexity index is 2860. The van der Waals surface area contributed by atoms with Gasteiger partial charge in [0.2, 0.25) is 17.6 Å². The van der Waals surface area contributed by atoms with E-state index < -0.39 is 109 Å². The van der Waals surface area contributed by atoms with E-state index in [9.17, 15) is 57.9 Å². The van der Waals surface area contributed by atoms with Crippen LogP contribution >= 0.6 is 7.37 Å². The first-order valence-electron chi connectivity index (χ1n) is 31.1. The Hall–Kier alpha value is -5.64. The molecule has 3 N–H and O–H groups in total. The second-order valence-electron chi connectivity index (χ2n) is 25.4. The summed E-state index contributed by atoms with van der Waals surface area (Å²) in [4.78, 5) is 120. The molecule has 3 saturated heterocycles. The Morgan fingerprint density at radius 3 is 2.08 bits per heavy atom. The number of rotatable bonds is 9. The number of allylic oxidation sites excluding steroid dienone is 6. The van der Waals surface area contributed by atoms with E-state index >= 15 is 0 Å². The maximum Gasteiger partial charge on any atom is 0.329 e. The molecule has 486 valence electrons. The molecule has 22 heteroatoms. The molecule has 5 aliphatic heterocycles. The van der Waals surface area contributed by atoms with E-state index in [4.69, 9.17) is 28.2 Å². The number of amides is 5. The summed E-state index contributed by atoms with van der Waals surface area (Å²) in [6.45, 7) is 15.9. The number of carbonyl (C=O) groups is 9. The first kappa shape index (κ1) is 71.4. The summed E-state index contributed by atoms with van der Waals surface area (Å²) < 4.78 is 48.2. The number of hydrogen-bond donors (Lipinski definition) is 3. The fourth-order valence-corrected chi connectivity index (χ4v) is 13.9. The summed E-state index contributed by atoms with van der Waals surface area (Å²) in [5.74, 6) is -10.0. The second kappa shape index (κ2) is 31.9. The number of hydrogen-bond acceptors (Lipinski definition) is 18. The van der Waals surface area contributed by atoms with E-state index in [1.54, 1.807) is 78.7 Å². The fraction of sp³-hybridized carbons (Fsp3) is 0.652. The molecule has 6 aliphatic rings. The molecule has 1 unspecified atom stereocenters. The lowest BCUT2D eigenvalue weighted by atomic mass is 9.78. The number of piperidine rings is 2.